The third-order valence-electron chi connectivity index (χ3n) is 3.70. The molecule has 0 spiro atoms. The van der Waals surface area contributed by atoms with E-state index in [0.717, 1.165) is 49.9 Å². The molecule has 3 rings (SSSR count). The third-order valence-corrected chi connectivity index (χ3v) is 3.70. The number of hydrogen-bond donors (Lipinski definition) is 1. The molecule has 2 aromatic heterocycles. The summed E-state index contributed by atoms with van der Waals surface area (Å²) in [6, 6.07) is 0.379. The number of nitrogens with one attached hydrogen (secondary N) is 1. The van der Waals surface area contributed by atoms with Crippen LogP contribution in [0.2, 0.25) is 0 Å². The maximum absolute atomic E-state index is 5.48. The first-order valence-electron chi connectivity index (χ1n) is 7.17. The monoisotopic (exact) mass is 275 g/mol. The Morgan fingerprint density at radius 3 is 3.20 bits per heavy atom. The lowest BCUT2D eigenvalue weighted by molar-refractivity contribution is 0.193. The van der Waals surface area contributed by atoms with Gasteiger partial charge in [-0.1, -0.05) is 6.92 Å². The standard InChI is InChI=1S/C14H21N5O/c1-3-5-15-12-9-19-7-6-16-13(19)14(17-12)18(2)11-4-8-20-10-11/h6-7,9,11,15H,3-5,8,10H2,1-2H3. The third kappa shape index (κ3) is 2.43. The highest BCUT2D eigenvalue weighted by atomic mass is 16.5. The van der Waals surface area contributed by atoms with Crippen LogP contribution in [0.5, 0.6) is 0 Å². The van der Waals surface area contributed by atoms with Crippen LogP contribution in [0.4, 0.5) is 11.6 Å². The minimum Gasteiger partial charge on any atom is -0.379 e. The van der Waals surface area contributed by atoms with Gasteiger partial charge in [0, 0.05) is 32.6 Å². The number of ether oxygens (including phenoxy) is 1. The zero-order chi connectivity index (χ0) is 13.9. The van der Waals surface area contributed by atoms with E-state index in [2.05, 4.69) is 29.2 Å². The molecule has 1 aliphatic rings. The van der Waals surface area contributed by atoms with E-state index in [1.165, 1.54) is 0 Å². The van der Waals surface area contributed by atoms with Crippen LogP contribution in [0, 0.1) is 0 Å². The Bertz CT molecular complexity index is 576. The van der Waals surface area contributed by atoms with Gasteiger partial charge in [0.05, 0.1) is 18.8 Å². The normalized spacial score (nSPS) is 18.6. The SMILES string of the molecule is CCCNc1cn2ccnc2c(N(C)C2CCOC2)n1. The van der Waals surface area contributed by atoms with Gasteiger partial charge in [-0.3, -0.25) is 0 Å². The lowest BCUT2D eigenvalue weighted by atomic mass is 10.2. The summed E-state index contributed by atoms with van der Waals surface area (Å²) in [7, 11) is 2.07. The van der Waals surface area contributed by atoms with Gasteiger partial charge in [-0.2, -0.15) is 0 Å². The molecule has 1 unspecified atom stereocenters. The Balaban J connectivity index is 1.96. The molecular weight excluding hydrogens is 254 g/mol. The average molecular weight is 275 g/mol. The van der Waals surface area contributed by atoms with Crippen LogP contribution < -0.4 is 10.2 Å². The number of likely N-dealkylation sites (N-methyl/N-ethyl adjacent to an activating group) is 1. The summed E-state index contributed by atoms with van der Waals surface area (Å²) < 4.78 is 7.50. The fraction of sp³-hybridized carbons (Fsp3) is 0.571. The summed E-state index contributed by atoms with van der Waals surface area (Å²) in [6.07, 6.45) is 7.86. The highest BCUT2D eigenvalue weighted by Gasteiger charge is 2.23. The summed E-state index contributed by atoms with van der Waals surface area (Å²) >= 11 is 0. The number of hydrogen-bond acceptors (Lipinski definition) is 5. The molecule has 2 aromatic rings. The molecule has 1 N–H and O–H groups in total. The molecule has 6 nitrogen and oxygen atoms in total. The lowest BCUT2D eigenvalue weighted by Gasteiger charge is -2.25. The quantitative estimate of drug-likeness (QED) is 0.901. The second-order valence-electron chi connectivity index (χ2n) is 5.16. The van der Waals surface area contributed by atoms with E-state index in [1.54, 1.807) is 0 Å². The Morgan fingerprint density at radius 1 is 1.55 bits per heavy atom. The van der Waals surface area contributed by atoms with Crippen molar-refractivity contribution in [2.24, 2.45) is 0 Å². The van der Waals surface area contributed by atoms with Crippen molar-refractivity contribution in [3.63, 3.8) is 0 Å². The topological polar surface area (TPSA) is 54.7 Å². The highest BCUT2D eigenvalue weighted by molar-refractivity contribution is 5.67. The number of rotatable bonds is 5. The van der Waals surface area contributed by atoms with Crippen LogP contribution in [-0.2, 0) is 4.74 Å². The van der Waals surface area contributed by atoms with E-state index in [-0.39, 0.29) is 0 Å². The molecule has 0 saturated carbocycles. The van der Waals surface area contributed by atoms with E-state index in [1.807, 2.05) is 23.0 Å². The Kier molecular flexibility index (Phi) is 3.73. The first-order chi connectivity index (χ1) is 9.79. The number of nitrogens with zero attached hydrogens (tertiary/aromatic N) is 4. The zero-order valence-corrected chi connectivity index (χ0v) is 12.0. The van der Waals surface area contributed by atoms with Crippen LogP contribution in [-0.4, -0.2) is 47.2 Å². The Hall–Kier alpha value is -1.82. The van der Waals surface area contributed by atoms with E-state index in [0.29, 0.717) is 6.04 Å². The van der Waals surface area contributed by atoms with Gasteiger partial charge in [0.2, 0.25) is 0 Å². The van der Waals surface area contributed by atoms with E-state index in [4.69, 9.17) is 9.72 Å². The van der Waals surface area contributed by atoms with Crippen molar-refractivity contribution < 1.29 is 4.74 Å². The molecule has 0 radical (unpaired) electrons. The van der Waals surface area contributed by atoms with E-state index >= 15 is 0 Å². The fourth-order valence-electron chi connectivity index (χ4n) is 2.49. The van der Waals surface area contributed by atoms with E-state index in [9.17, 15) is 0 Å². The number of imidazole rings is 1. The average Bonchev–Trinajstić information content (AvgIpc) is 3.13. The maximum atomic E-state index is 5.48. The predicted octanol–water partition coefficient (Wildman–Crippen LogP) is 1.78. The molecule has 1 saturated heterocycles. The van der Waals surface area contributed by atoms with Crippen molar-refractivity contribution in [2.45, 2.75) is 25.8 Å². The number of aromatic nitrogens is 3. The van der Waals surface area contributed by atoms with Gasteiger partial charge >= 0.3 is 0 Å². The van der Waals surface area contributed by atoms with Gasteiger partial charge in [0.25, 0.3) is 0 Å². The summed E-state index contributed by atoms with van der Waals surface area (Å²) in [4.78, 5) is 11.3. The van der Waals surface area contributed by atoms with Crippen molar-refractivity contribution in [3.05, 3.63) is 18.6 Å². The first kappa shape index (κ1) is 13.2. The summed E-state index contributed by atoms with van der Waals surface area (Å²) in [5.41, 5.74) is 0.890. The molecule has 1 fully saturated rings. The summed E-state index contributed by atoms with van der Waals surface area (Å²) in [5, 5.41) is 3.34. The smallest absolute Gasteiger partial charge is 0.180 e. The minimum atomic E-state index is 0.379. The van der Waals surface area contributed by atoms with Crippen molar-refractivity contribution in [1.82, 2.24) is 14.4 Å². The minimum absolute atomic E-state index is 0.379. The van der Waals surface area contributed by atoms with Crippen LogP contribution >= 0.6 is 0 Å². The second-order valence-corrected chi connectivity index (χ2v) is 5.16. The van der Waals surface area contributed by atoms with Crippen LogP contribution in [0.1, 0.15) is 19.8 Å². The zero-order valence-electron chi connectivity index (χ0n) is 12.0. The van der Waals surface area contributed by atoms with Crippen LogP contribution in [0.15, 0.2) is 18.6 Å². The lowest BCUT2D eigenvalue weighted by Crippen LogP contribution is -2.33. The van der Waals surface area contributed by atoms with Gasteiger partial charge in [0.15, 0.2) is 11.5 Å². The molecule has 0 aliphatic carbocycles. The number of fused-ring (bicyclic) bond motifs is 1. The predicted molar refractivity (Wildman–Crippen MR) is 79.4 cm³/mol. The van der Waals surface area contributed by atoms with Crippen molar-refractivity contribution >= 4 is 17.3 Å². The molecule has 6 heteroatoms. The van der Waals surface area contributed by atoms with Gasteiger partial charge in [-0.15, -0.1) is 0 Å². The first-order valence-corrected chi connectivity index (χ1v) is 7.17. The Labute approximate surface area is 118 Å². The van der Waals surface area contributed by atoms with Crippen molar-refractivity contribution in [1.29, 1.82) is 0 Å². The highest BCUT2D eigenvalue weighted by Crippen LogP contribution is 2.24. The van der Waals surface area contributed by atoms with Gasteiger partial charge < -0.3 is 19.4 Å². The molecule has 0 bridgehead atoms. The maximum Gasteiger partial charge on any atom is 0.180 e. The second kappa shape index (κ2) is 5.66. The molecule has 108 valence electrons. The molecule has 1 aliphatic heterocycles. The molecule has 1 atom stereocenters. The van der Waals surface area contributed by atoms with Gasteiger partial charge in [-0.05, 0) is 12.8 Å². The molecular formula is C14H21N5O. The van der Waals surface area contributed by atoms with Crippen molar-refractivity contribution in [2.75, 3.05) is 37.0 Å². The fourth-order valence-corrected chi connectivity index (χ4v) is 2.49. The van der Waals surface area contributed by atoms with Crippen LogP contribution in [0.25, 0.3) is 5.65 Å². The largest absolute Gasteiger partial charge is 0.379 e. The number of anilines is 2. The molecule has 0 aromatic carbocycles. The molecule has 3 heterocycles. The summed E-state index contributed by atoms with van der Waals surface area (Å²) in [6.45, 7) is 4.65. The van der Waals surface area contributed by atoms with Crippen molar-refractivity contribution in [3.8, 4) is 0 Å². The van der Waals surface area contributed by atoms with Gasteiger partial charge in [0.1, 0.15) is 5.82 Å². The Morgan fingerprint density at radius 2 is 2.45 bits per heavy atom. The summed E-state index contributed by atoms with van der Waals surface area (Å²) in [5.74, 6) is 1.80. The van der Waals surface area contributed by atoms with Crippen LogP contribution in [0.3, 0.4) is 0 Å². The molecule has 20 heavy (non-hydrogen) atoms. The molecule has 0 amide bonds. The van der Waals surface area contributed by atoms with Gasteiger partial charge in [-0.25, -0.2) is 9.97 Å². The van der Waals surface area contributed by atoms with E-state index < -0.39 is 0 Å².